The number of nitrogens with one attached hydrogen (secondary N) is 1. The second-order valence-electron chi connectivity index (χ2n) is 6.47. The average molecular weight is 378 g/mol. The monoisotopic (exact) mass is 378 g/mol. The number of hydrogen-bond acceptors (Lipinski definition) is 6. The Morgan fingerprint density at radius 1 is 0.964 bits per heavy atom. The van der Waals surface area contributed by atoms with E-state index in [1.54, 1.807) is 14.2 Å². The fourth-order valence-electron chi connectivity index (χ4n) is 3.04. The van der Waals surface area contributed by atoms with Gasteiger partial charge in [-0.3, -0.25) is 0 Å². The Bertz CT molecular complexity index is 959. The van der Waals surface area contributed by atoms with Gasteiger partial charge in [0.1, 0.15) is 17.3 Å². The minimum Gasteiger partial charge on any atom is -0.497 e. The average Bonchev–Trinajstić information content (AvgIpc) is 2.68. The van der Waals surface area contributed by atoms with Crippen LogP contribution in [0.25, 0.3) is 0 Å². The molecule has 1 aromatic heterocycles. The summed E-state index contributed by atoms with van der Waals surface area (Å²) in [5.41, 5.74) is 3.97. The maximum Gasteiger partial charge on any atom is 0.229 e. The van der Waals surface area contributed by atoms with E-state index in [0.29, 0.717) is 11.7 Å². The van der Waals surface area contributed by atoms with E-state index in [4.69, 9.17) is 14.5 Å². The minimum atomic E-state index is 0.518. The Morgan fingerprint density at radius 3 is 2.46 bits per heavy atom. The third kappa shape index (κ3) is 4.34. The van der Waals surface area contributed by atoms with Gasteiger partial charge in [0.15, 0.2) is 0 Å². The number of nitrogens with zero attached hydrogens (tertiary/aromatic N) is 3. The molecule has 28 heavy (non-hydrogen) atoms. The predicted molar refractivity (Wildman–Crippen MR) is 113 cm³/mol. The summed E-state index contributed by atoms with van der Waals surface area (Å²) < 4.78 is 10.7. The number of benzene rings is 2. The molecule has 0 aliphatic carbocycles. The normalized spacial score (nSPS) is 10.5. The molecule has 3 rings (SSSR count). The topological polar surface area (TPSA) is 59.5 Å². The Balaban J connectivity index is 1.95. The molecule has 146 valence electrons. The standard InChI is InChI=1S/C22H26N4O2/c1-6-26(17-9-7-8-15(2)12-17)21-13-16(3)23-22(25-21)24-19-11-10-18(27-4)14-20(19)28-5/h7-14H,6H2,1-5H3,(H,23,24,25). The van der Waals surface area contributed by atoms with Gasteiger partial charge in [0, 0.05) is 30.1 Å². The van der Waals surface area contributed by atoms with Crippen molar-refractivity contribution >= 4 is 23.1 Å². The van der Waals surface area contributed by atoms with Gasteiger partial charge in [0.2, 0.25) is 5.95 Å². The van der Waals surface area contributed by atoms with Crippen molar-refractivity contribution in [3.8, 4) is 11.5 Å². The summed E-state index contributed by atoms with van der Waals surface area (Å²) in [4.78, 5) is 11.4. The molecule has 0 radical (unpaired) electrons. The van der Waals surface area contributed by atoms with Crippen LogP contribution in [0.2, 0.25) is 0 Å². The van der Waals surface area contributed by atoms with E-state index in [1.165, 1.54) is 5.56 Å². The second kappa shape index (κ2) is 8.61. The first kappa shape index (κ1) is 19.5. The van der Waals surface area contributed by atoms with Gasteiger partial charge < -0.3 is 19.7 Å². The molecule has 3 aromatic rings. The number of rotatable bonds is 7. The molecule has 2 aromatic carbocycles. The molecule has 0 saturated heterocycles. The van der Waals surface area contributed by atoms with E-state index in [2.05, 4.69) is 53.3 Å². The lowest BCUT2D eigenvalue weighted by Gasteiger charge is -2.23. The Morgan fingerprint density at radius 2 is 1.79 bits per heavy atom. The molecule has 1 heterocycles. The summed E-state index contributed by atoms with van der Waals surface area (Å²) >= 11 is 0. The lowest BCUT2D eigenvalue weighted by molar-refractivity contribution is 0.395. The third-order valence-electron chi connectivity index (χ3n) is 4.40. The van der Waals surface area contributed by atoms with Gasteiger partial charge >= 0.3 is 0 Å². The summed E-state index contributed by atoms with van der Waals surface area (Å²) in [5.74, 6) is 2.75. The van der Waals surface area contributed by atoms with Crippen LogP contribution in [-0.4, -0.2) is 30.7 Å². The number of anilines is 4. The molecule has 0 bridgehead atoms. The van der Waals surface area contributed by atoms with E-state index in [9.17, 15) is 0 Å². The van der Waals surface area contributed by atoms with E-state index in [1.807, 2.05) is 31.2 Å². The Hall–Kier alpha value is -3.28. The van der Waals surface area contributed by atoms with Crippen LogP contribution in [0, 0.1) is 13.8 Å². The van der Waals surface area contributed by atoms with Crippen LogP contribution in [-0.2, 0) is 0 Å². The van der Waals surface area contributed by atoms with Gasteiger partial charge in [-0.15, -0.1) is 0 Å². The molecule has 6 nitrogen and oxygen atoms in total. The molecule has 0 unspecified atom stereocenters. The molecule has 0 amide bonds. The molecule has 0 aliphatic heterocycles. The highest BCUT2D eigenvalue weighted by atomic mass is 16.5. The molecule has 0 spiro atoms. The number of ether oxygens (including phenoxy) is 2. The largest absolute Gasteiger partial charge is 0.497 e. The van der Waals surface area contributed by atoms with Crippen molar-refractivity contribution in [3.05, 3.63) is 59.8 Å². The van der Waals surface area contributed by atoms with E-state index in [0.717, 1.165) is 35.2 Å². The minimum absolute atomic E-state index is 0.518. The first-order chi connectivity index (χ1) is 13.5. The zero-order valence-electron chi connectivity index (χ0n) is 17.0. The van der Waals surface area contributed by atoms with Crippen LogP contribution in [0.5, 0.6) is 11.5 Å². The number of aromatic nitrogens is 2. The highest BCUT2D eigenvalue weighted by Gasteiger charge is 2.13. The van der Waals surface area contributed by atoms with Crippen molar-refractivity contribution in [2.45, 2.75) is 20.8 Å². The van der Waals surface area contributed by atoms with E-state index in [-0.39, 0.29) is 0 Å². The molecular formula is C22H26N4O2. The zero-order valence-corrected chi connectivity index (χ0v) is 17.0. The van der Waals surface area contributed by atoms with E-state index < -0.39 is 0 Å². The molecule has 0 atom stereocenters. The first-order valence-corrected chi connectivity index (χ1v) is 9.23. The van der Waals surface area contributed by atoms with Crippen molar-refractivity contribution in [3.63, 3.8) is 0 Å². The summed E-state index contributed by atoms with van der Waals surface area (Å²) in [6.45, 7) is 6.96. The highest BCUT2D eigenvalue weighted by Crippen LogP contribution is 2.32. The third-order valence-corrected chi connectivity index (χ3v) is 4.40. The van der Waals surface area contributed by atoms with Crippen LogP contribution in [0.15, 0.2) is 48.5 Å². The van der Waals surface area contributed by atoms with Gasteiger partial charge in [0.05, 0.1) is 19.9 Å². The lowest BCUT2D eigenvalue weighted by Crippen LogP contribution is -2.18. The van der Waals surface area contributed by atoms with Crippen molar-refractivity contribution in [2.24, 2.45) is 0 Å². The van der Waals surface area contributed by atoms with Crippen LogP contribution in [0.1, 0.15) is 18.2 Å². The van der Waals surface area contributed by atoms with Gasteiger partial charge in [-0.1, -0.05) is 12.1 Å². The molecule has 0 aliphatic rings. The van der Waals surface area contributed by atoms with Crippen LogP contribution in [0.3, 0.4) is 0 Å². The quantitative estimate of drug-likeness (QED) is 0.623. The SMILES string of the molecule is CCN(c1cccc(C)c1)c1cc(C)nc(Nc2ccc(OC)cc2OC)n1. The summed E-state index contributed by atoms with van der Waals surface area (Å²) in [6, 6.07) is 16.0. The van der Waals surface area contributed by atoms with Crippen LogP contribution < -0.4 is 19.7 Å². The fraction of sp³-hybridized carbons (Fsp3) is 0.273. The smallest absolute Gasteiger partial charge is 0.229 e. The molecule has 1 N–H and O–H groups in total. The summed E-state index contributed by atoms with van der Waals surface area (Å²) in [7, 11) is 3.25. The van der Waals surface area contributed by atoms with Gasteiger partial charge in [0.25, 0.3) is 0 Å². The van der Waals surface area contributed by atoms with E-state index >= 15 is 0 Å². The second-order valence-corrected chi connectivity index (χ2v) is 6.47. The molecule has 0 saturated carbocycles. The molecule has 0 fully saturated rings. The highest BCUT2D eigenvalue weighted by molar-refractivity contribution is 5.67. The van der Waals surface area contributed by atoms with Crippen molar-refractivity contribution < 1.29 is 9.47 Å². The number of methoxy groups -OCH3 is 2. The maximum atomic E-state index is 5.46. The fourth-order valence-corrected chi connectivity index (χ4v) is 3.04. The summed E-state index contributed by atoms with van der Waals surface area (Å²) in [5, 5.41) is 3.27. The van der Waals surface area contributed by atoms with Crippen molar-refractivity contribution in [1.82, 2.24) is 9.97 Å². The van der Waals surface area contributed by atoms with Crippen LogP contribution >= 0.6 is 0 Å². The van der Waals surface area contributed by atoms with Crippen molar-refractivity contribution in [2.75, 3.05) is 31.0 Å². The number of aryl methyl sites for hydroxylation is 2. The molecule has 6 heteroatoms. The lowest BCUT2D eigenvalue weighted by atomic mass is 10.2. The van der Waals surface area contributed by atoms with Gasteiger partial charge in [-0.2, -0.15) is 4.98 Å². The summed E-state index contributed by atoms with van der Waals surface area (Å²) in [6.07, 6.45) is 0. The Labute approximate surface area is 166 Å². The van der Waals surface area contributed by atoms with Gasteiger partial charge in [-0.05, 0) is 50.6 Å². The Kier molecular flexibility index (Phi) is 5.99. The maximum absolute atomic E-state index is 5.46. The zero-order chi connectivity index (χ0) is 20.1. The molecular weight excluding hydrogens is 352 g/mol. The van der Waals surface area contributed by atoms with Gasteiger partial charge in [-0.25, -0.2) is 4.98 Å². The van der Waals surface area contributed by atoms with Crippen LogP contribution in [0.4, 0.5) is 23.1 Å². The first-order valence-electron chi connectivity index (χ1n) is 9.23. The van der Waals surface area contributed by atoms with Crippen molar-refractivity contribution in [1.29, 1.82) is 0 Å². The number of hydrogen-bond donors (Lipinski definition) is 1. The predicted octanol–water partition coefficient (Wildman–Crippen LogP) is 5.01.